The van der Waals surface area contributed by atoms with Crippen molar-refractivity contribution in [3.8, 4) is 0 Å². The Morgan fingerprint density at radius 3 is 2.45 bits per heavy atom. The number of hydrogen-bond donors (Lipinski definition) is 0. The smallest absolute Gasteiger partial charge is 0.259 e. The molecule has 0 atom stereocenters. The Balaban J connectivity index is 2.06. The van der Waals surface area contributed by atoms with Crippen molar-refractivity contribution >= 4 is 28.5 Å². The van der Waals surface area contributed by atoms with Crippen LogP contribution in [-0.4, -0.2) is 17.6 Å². The third-order valence-electron chi connectivity index (χ3n) is 3.22. The van der Waals surface area contributed by atoms with Gasteiger partial charge in [-0.2, -0.15) is 0 Å². The van der Waals surface area contributed by atoms with Crippen molar-refractivity contribution in [2.24, 2.45) is 0 Å². The Hall–Kier alpha value is -2.07. The van der Waals surface area contributed by atoms with Gasteiger partial charge in [-0.15, -0.1) is 0 Å². The number of fused-ring (bicyclic) bond motifs is 1. The van der Waals surface area contributed by atoms with Gasteiger partial charge in [0, 0.05) is 10.6 Å². The van der Waals surface area contributed by atoms with Crippen LogP contribution in [0, 0.1) is 6.92 Å². The molecule has 0 bridgehead atoms. The van der Waals surface area contributed by atoms with Gasteiger partial charge in [0.2, 0.25) is 5.12 Å². The standard InChI is InChI=1S/C16H13NO2S/c1-11-6-8-12(9-7-11)17-10-15(18)20-14-5-3-2-4-13(14)16(17)19/h2-9H,10H2,1H3. The van der Waals surface area contributed by atoms with Gasteiger partial charge in [-0.05, 0) is 43.0 Å². The molecule has 0 radical (unpaired) electrons. The number of benzene rings is 2. The summed E-state index contributed by atoms with van der Waals surface area (Å²) in [6, 6.07) is 14.9. The molecule has 1 heterocycles. The molecule has 20 heavy (non-hydrogen) atoms. The average molecular weight is 283 g/mol. The monoisotopic (exact) mass is 283 g/mol. The van der Waals surface area contributed by atoms with Gasteiger partial charge in [-0.1, -0.05) is 29.8 Å². The summed E-state index contributed by atoms with van der Waals surface area (Å²) >= 11 is 1.14. The van der Waals surface area contributed by atoms with E-state index in [-0.39, 0.29) is 17.6 Å². The Morgan fingerprint density at radius 2 is 1.70 bits per heavy atom. The van der Waals surface area contributed by atoms with Gasteiger partial charge in [0.05, 0.1) is 12.1 Å². The minimum atomic E-state index is -0.122. The third kappa shape index (κ3) is 2.34. The summed E-state index contributed by atoms with van der Waals surface area (Å²) in [5.41, 5.74) is 2.47. The Labute approximate surface area is 121 Å². The molecule has 2 aromatic rings. The number of aryl methyl sites for hydroxylation is 1. The van der Waals surface area contributed by atoms with Crippen molar-refractivity contribution in [3.63, 3.8) is 0 Å². The van der Waals surface area contributed by atoms with Crippen LogP contribution < -0.4 is 4.90 Å². The quantitative estimate of drug-likeness (QED) is 0.806. The second kappa shape index (κ2) is 5.13. The number of thioether (sulfide) groups is 1. The van der Waals surface area contributed by atoms with Crippen LogP contribution in [0.15, 0.2) is 53.4 Å². The van der Waals surface area contributed by atoms with Crippen molar-refractivity contribution in [1.29, 1.82) is 0 Å². The highest BCUT2D eigenvalue weighted by Crippen LogP contribution is 2.30. The van der Waals surface area contributed by atoms with Gasteiger partial charge in [-0.3, -0.25) is 14.5 Å². The molecule has 0 fully saturated rings. The lowest BCUT2D eigenvalue weighted by Crippen LogP contribution is -2.33. The summed E-state index contributed by atoms with van der Waals surface area (Å²) in [6.45, 7) is 2.09. The molecule has 0 N–H and O–H groups in total. The minimum absolute atomic E-state index is 0.0242. The molecule has 4 heteroatoms. The predicted octanol–water partition coefficient (Wildman–Crippen LogP) is 3.27. The average Bonchev–Trinajstić information content (AvgIpc) is 2.57. The van der Waals surface area contributed by atoms with E-state index in [0.29, 0.717) is 5.56 Å². The maximum Gasteiger partial charge on any atom is 0.259 e. The molecule has 0 aromatic heterocycles. The van der Waals surface area contributed by atoms with Crippen LogP contribution in [0.4, 0.5) is 5.69 Å². The lowest BCUT2D eigenvalue weighted by molar-refractivity contribution is -0.109. The minimum Gasteiger partial charge on any atom is -0.300 e. The van der Waals surface area contributed by atoms with E-state index < -0.39 is 0 Å². The van der Waals surface area contributed by atoms with Crippen LogP contribution in [0.2, 0.25) is 0 Å². The zero-order valence-corrected chi connectivity index (χ0v) is 11.8. The van der Waals surface area contributed by atoms with Crippen molar-refractivity contribution in [3.05, 3.63) is 59.7 Å². The van der Waals surface area contributed by atoms with E-state index >= 15 is 0 Å². The van der Waals surface area contributed by atoms with Crippen LogP contribution in [0.5, 0.6) is 0 Å². The fourth-order valence-corrected chi connectivity index (χ4v) is 3.02. The van der Waals surface area contributed by atoms with Gasteiger partial charge in [0.25, 0.3) is 5.91 Å². The van der Waals surface area contributed by atoms with Gasteiger partial charge in [0.1, 0.15) is 0 Å². The fourth-order valence-electron chi connectivity index (χ4n) is 2.17. The van der Waals surface area contributed by atoms with Crippen LogP contribution in [0.25, 0.3) is 0 Å². The van der Waals surface area contributed by atoms with Gasteiger partial charge < -0.3 is 0 Å². The maximum atomic E-state index is 12.6. The summed E-state index contributed by atoms with van der Waals surface area (Å²) in [5, 5.41) is -0.0242. The molecule has 3 rings (SSSR count). The highest BCUT2D eigenvalue weighted by molar-refractivity contribution is 8.13. The molecule has 1 aliphatic rings. The number of carbonyl (C=O) groups excluding carboxylic acids is 2. The Morgan fingerprint density at radius 1 is 1.00 bits per heavy atom. The molecule has 0 spiro atoms. The summed E-state index contributed by atoms with van der Waals surface area (Å²) < 4.78 is 0. The lowest BCUT2D eigenvalue weighted by Gasteiger charge is -2.20. The maximum absolute atomic E-state index is 12.6. The SMILES string of the molecule is Cc1ccc(N2CC(=O)Sc3ccccc3C2=O)cc1. The number of hydrogen-bond acceptors (Lipinski definition) is 3. The van der Waals surface area contributed by atoms with E-state index in [9.17, 15) is 9.59 Å². The normalized spacial score (nSPS) is 14.9. The zero-order valence-electron chi connectivity index (χ0n) is 11.0. The van der Waals surface area contributed by atoms with Crippen LogP contribution in [0.1, 0.15) is 15.9 Å². The highest BCUT2D eigenvalue weighted by atomic mass is 32.2. The van der Waals surface area contributed by atoms with Gasteiger partial charge >= 0.3 is 0 Å². The third-order valence-corrected chi connectivity index (χ3v) is 4.15. The highest BCUT2D eigenvalue weighted by Gasteiger charge is 2.27. The molecule has 0 aliphatic carbocycles. The molecular formula is C16H13NO2S. The first-order chi connectivity index (χ1) is 9.65. The topological polar surface area (TPSA) is 37.4 Å². The Bertz CT molecular complexity index is 679. The molecule has 1 aliphatic heterocycles. The van der Waals surface area contributed by atoms with Crippen LogP contribution in [-0.2, 0) is 4.79 Å². The summed E-state index contributed by atoms with van der Waals surface area (Å²) in [5.74, 6) is -0.122. The predicted molar refractivity (Wildman–Crippen MR) is 80.2 cm³/mol. The molecule has 0 saturated heterocycles. The van der Waals surface area contributed by atoms with Crippen molar-refractivity contribution < 1.29 is 9.59 Å². The van der Waals surface area contributed by atoms with Gasteiger partial charge in [-0.25, -0.2) is 0 Å². The summed E-state index contributed by atoms with van der Waals surface area (Å²) in [6.07, 6.45) is 0. The fraction of sp³-hybridized carbons (Fsp3) is 0.125. The Kier molecular flexibility index (Phi) is 3.32. The molecule has 2 aromatic carbocycles. The first-order valence-corrected chi connectivity index (χ1v) is 7.15. The lowest BCUT2D eigenvalue weighted by atomic mass is 10.1. The van der Waals surface area contributed by atoms with E-state index in [1.807, 2.05) is 49.4 Å². The molecule has 1 amide bonds. The molecule has 3 nitrogen and oxygen atoms in total. The molecule has 0 unspecified atom stereocenters. The van der Waals surface area contributed by atoms with E-state index in [1.165, 1.54) is 0 Å². The number of carbonyl (C=O) groups is 2. The largest absolute Gasteiger partial charge is 0.300 e. The first kappa shape index (κ1) is 12.9. The number of anilines is 1. The van der Waals surface area contributed by atoms with Gasteiger partial charge in [0.15, 0.2) is 0 Å². The van der Waals surface area contributed by atoms with Crippen molar-refractivity contribution in [2.45, 2.75) is 11.8 Å². The molecular weight excluding hydrogens is 270 g/mol. The number of rotatable bonds is 1. The van der Waals surface area contributed by atoms with E-state index in [4.69, 9.17) is 0 Å². The van der Waals surface area contributed by atoms with Crippen LogP contribution >= 0.6 is 11.8 Å². The second-order valence-electron chi connectivity index (χ2n) is 4.70. The summed E-state index contributed by atoms with van der Waals surface area (Å²) in [4.78, 5) is 26.9. The second-order valence-corrected chi connectivity index (χ2v) is 5.80. The van der Waals surface area contributed by atoms with E-state index in [0.717, 1.165) is 27.9 Å². The van der Waals surface area contributed by atoms with E-state index in [1.54, 1.807) is 11.0 Å². The van der Waals surface area contributed by atoms with E-state index in [2.05, 4.69) is 0 Å². The van der Waals surface area contributed by atoms with Crippen LogP contribution in [0.3, 0.4) is 0 Å². The molecule has 100 valence electrons. The van der Waals surface area contributed by atoms with Crippen molar-refractivity contribution in [1.82, 2.24) is 0 Å². The zero-order chi connectivity index (χ0) is 14.1. The number of amides is 1. The first-order valence-electron chi connectivity index (χ1n) is 6.33. The van der Waals surface area contributed by atoms with Crippen molar-refractivity contribution in [2.75, 3.05) is 11.4 Å². The number of nitrogens with zero attached hydrogens (tertiary/aromatic N) is 1. The summed E-state index contributed by atoms with van der Waals surface area (Å²) in [7, 11) is 0. The molecule has 0 saturated carbocycles.